The highest BCUT2D eigenvalue weighted by Gasteiger charge is 2.36. The van der Waals surface area contributed by atoms with Crippen molar-refractivity contribution in [1.29, 1.82) is 0 Å². The fourth-order valence-electron chi connectivity index (χ4n) is 4.29. The molecule has 0 saturated carbocycles. The largest absolute Gasteiger partial charge is 0.467 e. The van der Waals surface area contributed by atoms with Gasteiger partial charge in [0.25, 0.3) is 17.7 Å². The lowest BCUT2D eigenvalue weighted by Crippen LogP contribution is -2.43. The Labute approximate surface area is 197 Å². The Morgan fingerprint density at radius 1 is 0.912 bits per heavy atom. The summed E-state index contributed by atoms with van der Waals surface area (Å²) >= 11 is 0. The van der Waals surface area contributed by atoms with Gasteiger partial charge in [0.1, 0.15) is 5.76 Å². The van der Waals surface area contributed by atoms with Crippen molar-refractivity contribution in [1.82, 2.24) is 14.7 Å². The summed E-state index contributed by atoms with van der Waals surface area (Å²) in [6.45, 7) is 5.19. The summed E-state index contributed by atoms with van der Waals surface area (Å²) in [6.07, 6.45) is 1.49. The van der Waals surface area contributed by atoms with Crippen LogP contribution in [-0.2, 0) is 13.1 Å². The number of fused-ring (bicyclic) bond motifs is 1. The molecule has 1 fully saturated rings. The molecule has 3 amide bonds. The maximum absolute atomic E-state index is 12.8. The molecule has 2 aliphatic rings. The SMILES string of the molecule is CN1CCN(Cc2ccc(NC(=O)c3ccc4c(c3)C(=O)N(Cc3ccco3)C4=O)cc2)CC1. The van der Waals surface area contributed by atoms with Gasteiger partial charge in [-0.05, 0) is 55.1 Å². The van der Waals surface area contributed by atoms with E-state index in [4.69, 9.17) is 4.42 Å². The number of nitrogens with one attached hydrogen (secondary N) is 1. The molecule has 0 unspecified atom stereocenters. The number of hydrogen-bond donors (Lipinski definition) is 1. The van der Waals surface area contributed by atoms with Gasteiger partial charge in [0, 0.05) is 44.0 Å². The lowest BCUT2D eigenvalue weighted by molar-refractivity contribution is 0.0631. The monoisotopic (exact) mass is 458 g/mol. The molecule has 1 aromatic heterocycles. The quantitative estimate of drug-likeness (QED) is 0.572. The van der Waals surface area contributed by atoms with E-state index in [2.05, 4.69) is 22.2 Å². The maximum atomic E-state index is 12.8. The van der Waals surface area contributed by atoms with Crippen molar-refractivity contribution in [3.63, 3.8) is 0 Å². The zero-order valence-corrected chi connectivity index (χ0v) is 19.0. The van der Waals surface area contributed by atoms with Gasteiger partial charge in [0.15, 0.2) is 0 Å². The Hall–Kier alpha value is -3.75. The number of carbonyl (C=O) groups is 3. The average molecular weight is 459 g/mol. The first-order valence-electron chi connectivity index (χ1n) is 11.3. The summed E-state index contributed by atoms with van der Waals surface area (Å²) in [6, 6.07) is 15.8. The van der Waals surface area contributed by atoms with E-state index in [1.807, 2.05) is 24.3 Å². The number of furan rings is 1. The maximum Gasteiger partial charge on any atom is 0.261 e. The molecule has 8 nitrogen and oxygen atoms in total. The number of likely N-dealkylation sites (N-methyl/N-ethyl adjacent to an activating group) is 1. The Bertz CT molecular complexity index is 1210. The lowest BCUT2D eigenvalue weighted by atomic mass is 10.1. The molecule has 3 aromatic rings. The van der Waals surface area contributed by atoms with Crippen molar-refractivity contribution in [2.24, 2.45) is 0 Å². The summed E-state index contributed by atoms with van der Waals surface area (Å²) in [5.41, 5.74) is 2.71. The Kier molecular flexibility index (Phi) is 6.00. The minimum absolute atomic E-state index is 0.0569. The van der Waals surface area contributed by atoms with E-state index >= 15 is 0 Å². The van der Waals surface area contributed by atoms with Crippen molar-refractivity contribution in [3.8, 4) is 0 Å². The van der Waals surface area contributed by atoms with Crippen LogP contribution in [0.25, 0.3) is 0 Å². The molecular weight excluding hydrogens is 432 g/mol. The van der Waals surface area contributed by atoms with Crippen LogP contribution in [0.3, 0.4) is 0 Å². The number of anilines is 1. The van der Waals surface area contributed by atoms with E-state index in [0.717, 1.165) is 37.6 Å². The highest BCUT2D eigenvalue weighted by molar-refractivity contribution is 6.22. The van der Waals surface area contributed by atoms with E-state index < -0.39 is 5.91 Å². The van der Waals surface area contributed by atoms with Crippen molar-refractivity contribution in [2.45, 2.75) is 13.1 Å². The van der Waals surface area contributed by atoms with Gasteiger partial charge in [-0.1, -0.05) is 12.1 Å². The summed E-state index contributed by atoms with van der Waals surface area (Å²) in [5, 5.41) is 2.88. The van der Waals surface area contributed by atoms with Gasteiger partial charge >= 0.3 is 0 Å². The number of benzene rings is 2. The third-order valence-electron chi connectivity index (χ3n) is 6.34. The van der Waals surface area contributed by atoms with Crippen LogP contribution in [0.1, 0.15) is 42.4 Å². The zero-order chi connectivity index (χ0) is 23.7. The van der Waals surface area contributed by atoms with Gasteiger partial charge in [-0.15, -0.1) is 0 Å². The van der Waals surface area contributed by atoms with Gasteiger partial charge in [-0.2, -0.15) is 0 Å². The number of hydrogen-bond acceptors (Lipinski definition) is 6. The smallest absolute Gasteiger partial charge is 0.261 e. The topological polar surface area (TPSA) is 86.1 Å². The molecule has 34 heavy (non-hydrogen) atoms. The minimum atomic E-state index is -0.431. The fourth-order valence-corrected chi connectivity index (χ4v) is 4.29. The second-order valence-corrected chi connectivity index (χ2v) is 8.77. The van der Waals surface area contributed by atoms with Crippen LogP contribution >= 0.6 is 0 Å². The van der Waals surface area contributed by atoms with Crippen LogP contribution in [0, 0.1) is 0 Å². The highest BCUT2D eigenvalue weighted by atomic mass is 16.3. The zero-order valence-electron chi connectivity index (χ0n) is 19.0. The van der Waals surface area contributed by atoms with Crippen LogP contribution in [-0.4, -0.2) is 65.6 Å². The van der Waals surface area contributed by atoms with Crippen LogP contribution in [0.15, 0.2) is 65.3 Å². The summed E-state index contributed by atoms with van der Waals surface area (Å²) in [7, 11) is 2.14. The molecule has 0 aliphatic carbocycles. The second kappa shape index (κ2) is 9.24. The van der Waals surface area contributed by atoms with Crippen LogP contribution in [0.5, 0.6) is 0 Å². The molecule has 0 radical (unpaired) electrons. The fraction of sp³-hybridized carbons (Fsp3) is 0.269. The molecule has 0 atom stereocenters. The molecule has 3 heterocycles. The van der Waals surface area contributed by atoms with E-state index in [-0.39, 0.29) is 23.9 Å². The van der Waals surface area contributed by atoms with Gasteiger partial charge < -0.3 is 14.6 Å². The lowest BCUT2D eigenvalue weighted by Gasteiger charge is -2.32. The molecule has 2 aliphatic heterocycles. The first kappa shape index (κ1) is 22.1. The van der Waals surface area contributed by atoms with E-state index in [0.29, 0.717) is 22.6 Å². The normalized spacial score (nSPS) is 16.7. The van der Waals surface area contributed by atoms with Gasteiger partial charge in [-0.25, -0.2) is 0 Å². The Morgan fingerprint density at radius 2 is 1.65 bits per heavy atom. The molecule has 1 N–H and O–H groups in total. The first-order valence-corrected chi connectivity index (χ1v) is 11.3. The van der Waals surface area contributed by atoms with Crippen LogP contribution < -0.4 is 5.32 Å². The highest BCUT2D eigenvalue weighted by Crippen LogP contribution is 2.26. The standard InChI is InChI=1S/C26H26N4O4/c1-28-10-12-29(13-11-28)16-18-4-7-20(8-5-18)27-24(31)19-6-9-22-23(15-19)26(33)30(25(22)32)17-21-3-2-14-34-21/h2-9,14-15H,10-13,16-17H2,1H3,(H,27,31). The van der Waals surface area contributed by atoms with Crippen molar-refractivity contribution >= 4 is 23.4 Å². The Morgan fingerprint density at radius 3 is 2.35 bits per heavy atom. The van der Waals surface area contributed by atoms with Gasteiger partial charge in [-0.3, -0.25) is 24.2 Å². The van der Waals surface area contributed by atoms with Crippen molar-refractivity contribution in [2.75, 3.05) is 38.5 Å². The summed E-state index contributed by atoms with van der Waals surface area (Å²) in [5.74, 6) is -0.637. The van der Waals surface area contributed by atoms with E-state index in [9.17, 15) is 14.4 Å². The van der Waals surface area contributed by atoms with Gasteiger partial charge in [0.2, 0.25) is 0 Å². The van der Waals surface area contributed by atoms with Crippen LogP contribution in [0.2, 0.25) is 0 Å². The number of rotatable bonds is 6. The predicted molar refractivity (Wildman–Crippen MR) is 127 cm³/mol. The predicted octanol–water partition coefficient (Wildman–Crippen LogP) is 3.08. The van der Waals surface area contributed by atoms with Gasteiger partial charge in [0.05, 0.1) is 23.9 Å². The summed E-state index contributed by atoms with van der Waals surface area (Å²) < 4.78 is 5.26. The number of piperazine rings is 1. The first-order chi connectivity index (χ1) is 16.5. The van der Waals surface area contributed by atoms with Crippen molar-refractivity contribution in [3.05, 3.63) is 88.9 Å². The molecule has 2 aromatic carbocycles. The number of carbonyl (C=O) groups excluding carboxylic acids is 3. The number of imide groups is 1. The van der Waals surface area contributed by atoms with E-state index in [1.165, 1.54) is 24.0 Å². The van der Waals surface area contributed by atoms with E-state index in [1.54, 1.807) is 18.2 Å². The second-order valence-electron chi connectivity index (χ2n) is 8.77. The third-order valence-corrected chi connectivity index (χ3v) is 6.34. The number of amides is 3. The molecule has 0 spiro atoms. The van der Waals surface area contributed by atoms with Crippen LogP contribution in [0.4, 0.5) is 5.69 Å². The summed E-state index contributed by atoms with van der Waals surface area (Å²) in [4.78, 5) is 44.2. The minimum Gasteiger partial charge on any atom is -0.467 e. The molecule has 5 rings (SSSR count). The molecule has 0 bridgehead atoms. The third kappa shape index (κ3) is 4.50. The molecular formula is C26H26N4O4. The molecule has 1 saturated heterocycles. The Balaban J connectivity index is 1.23. The average Bonchev–Trinajstić information content (AvgIpc) is 3.44. The molecule has 8 heteroatoms. The molecule has 174 valence electrons. The van der Waals surface area contributed by atoms with Crippen molar-refractivity contribution < 1.29 is 18.8 Å². The number of nitrogens with zero attached hydrogens (tertiary/aromatic N) is 3.